The largest absolute Gasteiger partial charge is 0.389 e. The highest BCUT2D eigenvalue weighted by Crippen LogP contribution is 2.20. The van der Waals surface area contributed by atoms with Crippen molar-refractivity contribution in [2.24, 2.45) is 0 Å². The van der Waals surface area contributed by atoms with E-state index in [1.54, 1.807) is 6.92 Å². The fourth-order valence-corrected chi connectivity index (χ4v) is 2.90. The molecule has 1 amide bonds. The molecule has 0 saturated heterocycles. The predicted molar refractivity (Wildman–Crippen MR) is 101 cm³/mol. The normalized spacial score (nSPS) is 12.0. The van der Waals surface area contributed by atoms with Crippen LogP contribution in [0.25, 0.3) is 0 Å². The van der Waals surface area contributed by atoms with Crippen molar-refractivity contribution in [2.45, 2.75) is 39.8 Å². The Morgan fingerprint density at radius 2 is 2.00 bits per heavy atom. The summed E-state index contributed by atoms with van der Waals surface area (Å²) >= 11 is 0. The maximum Gasteiger partial charge on any atom is 0.389 e. The van der Waals surface area contributed by atoms with Gasteiger partial charge in [0.2, 0.25) is 0 Å². The number of aromatic nitrogens is 3. The molecule has 0 aliphatic heterocycles. The van der Waals surface area contributed by atoms with Gasteiger partial charge in [-0.1, -0.05) is 41.9 Å². The lowest BCUT2D eigenvalue weighted by Gasteiger charge is -2.17. The van der Waals surface area contributed by atoms with Gasteiger partial charge in [-0.25, -0.2) is 0 Å². The Kier molecular flexibility index (Phi) is 5.53. The van der Waals surface area contributed by atoms with Gasteiger partial charge in [-0.3, -0.25) is 4.79 Å². The highest BCUT2D eigenvalue weighted by Gasteiger charge is 2.24. The number of carbonyl (C=O) groups excluding carboxylic acids is 1. The molecular weight excluding hydrogens is 362 g/mol. The van der Waals surface area contributed by atoms with Crippen LogP contribution in [0.2, 0.25) is 0 Å². The summed E-state index contributed by atoms with van der Waals surface area (Å²) in [5, 5.41) is 21.5. The van der Waals surface area contributed by atoms with Gasteiger partial charge in [-0.15, -0.1) is 0 Å². The minimum absolute atomic E-state index is 0.146. The van der Waals surface area contributed by atoms with E-state index in [-0.39, 0.29) is 30.0 Å². The average Bonchev–Trinajstić information content (AvgIpc) is 3.28. The van der Waals surface area contributed by atoms with Gasteiger partial charge in [0.15, 0.2) is 5.69 Å². The van der Waals surface area contributed by atoms with Crippen molar-refractivity contribution >= 4 is 11.7 Å². The van der Waals surface area contributed by atoms with Crippen LogP contribution in [0.1, 0.15) is 52.3 Å². The Hall–Kier alpha value is -3.49. The smallest absolute Gasteiger partial charge is 0.361 e. The standard InChI is InChI=1S/C19H21N5O4/c1-4-16(14-7-5-12(2)6-8-14)20-19(25)18-15(13(3)28-22-18)11-23-10-9-17(21-23)24(26)27/h5-10,16H,4,11H2,1-3H3,(H,20,25). The van der Waals surface area contributed by atoms with Crippen molar-refractivity contribution in [3.8, 4) is 0 Å². The van der Waals surface area contributed by atoms with E-state index in [2.05, 4.69) is 15.6 Å². The Morgan fingerprint density at radius 1 is 1.29 bits per heavy atom. The van der Waals surface area contributed by atoms with Gasteiger partial charge in [-0.05, 0) is 30.8 Å². The van der Waals surface area contributed by atoms with Gasteiger partial charge in [0.05, 0.1) is 35.5 Å². The number of nitrogens with one attached hydrogen (secondary N) is 1. The molecule has 1 N–H and O–H groups in total. The molecule has 1 aromatic carbocycles. The quantitative estimate of drug-likeness (QED) is 0.494. The molecule has 9 nitrogen and oxygen atoms in total. The van der Waals surface area contributed by atoms with Crippen molar-refractivity contribution in [3.63, 3.8) is 0 Å². The maximum absolute atomic E-state index is 12.8. The van der Waals surface area contributed by atoms with E-state index in [0.717, 1.165) is 11.1 Å². The van der Waals surface area contributed by atoms with Crippen molar-refractivity contribution in [1.82, 2.24) is 20.3 Å². The molecule has 0 saturated carbocycles. The van der Waals surface area contributed by atoms with Crippen molar-refractivity contribution < 1.29 is 14.2 Å². The SMILES string of the molecule is CCC(NC(=O)c1noc(C)c1Cn1ccc([N+](=O)[O-])n1)c1ccc(C)cc1. The van der Waals surface area contributed by atoms with Gasteiger partial charge >= 0.3 is 5.82 Å². The summed E-state index contributed by atoms with van der Waals surface area (Å²) in [5.41, 5.74) is 2.84. The van der Waals surface area contributed by atoms with E-state index in [0.29, 0.717) is 17.7 Å². The number of rotatable bonds is 7. The number of benzene rings is 1. The van der Waals surface area contributed by atoms with E-state index in [9.17, 15) is 14.9 Å². The molecule has 3 rings (SSSR count). The molecule has 0 aliphatic carbocycles. The van der Waals surface area contributed by atoms with Gasteiger partial charge in [-0.2, -0.15) is 4.68 Å². The fourth-order valence-electron chi connectivity index (χ4n) is 2.90. The van der Waals surface area contributed by atoms with Crippen molar-refractivity contribution in [2.75, 3.05) is 0 Å². The molecule has 2 aromatic heterocycles. The summed E-state index contributed by atoms with van der Waals surface area (Å²) < 4.78 is 6.57. The van der Waals surface area contributed by atoms with Gasteiger partial charge in [0.1, 0.15) is 5.76 Å². The van der Waals surface area contributed by atoms with E-state index in [1.807, 2.05) is 38.1 Å². The first-order valence-electron chi connectivity index (χ1n) is 8.89. The second kappa shape index (κ2) is 8.03. The Labute approximate surface area is 161 Å². The second-order valence-corrected chi connectivity index (χ2v) is 6.54. The molecule has 3 aromatic rings. The summed E-state index contributed by atoms with van der Waals surface area (Å²) in [6, 6.07) is 9.11. The Morgan fingerprint density at radius 3 is 2.61 bits per heavy atom. The molecule has 0 radical (unpaired) electrons. The maximum atomic E-state index is 12.8. The molecule has 0 bridgehead atoms. The number of hydrogen-bond donors (Lipinski definition) is 1. The molecule has 9 heteroatoms. The molecule has 1 unspecified atom stereocenters. The summed E-state index contributed by atoms with van der Waals surface area (Å²) in [5.74, 6) is -0.154. The first kappa shape index (κ1) is 19.3. The number of nitrogens with zero attached hydrogens (tertiary/aromatic N) is 4. The van der Waals surface area contributed by atoms with Crippen LogP contribution in [-0.2, 0) is 6.54 Å². The molecular formula is C19H21N5O4. The van der Waals surface area contributed by atoms with Crippen LogP contribution < -0.4 is 5.32 Å². The number of amides is 1. The first-order chi connectivity index (χ1) is 13.4. The van der Waals surface area contributed by atoms with Crippen LogP contribution in [0.15, 0.2) is 41.1 Å². The second-order valence-electron chi connectivity index (χ2n) is 6.54. The number of nitro groups is 1. The molecule has 2 heterocycles. The first-order valence-corrected chi connectivity index (χ1v) is 8.89. The minimum atomic E-state index is -0.571. The Balaban J connectivity index is 1.80. The fraction of sp³-hybridized carbons (Fsp3) is 0.316. The van der Waals surface area contributed by atoms with Crippen molar-refractivity contribution in [3.05, 3.63) is 74.8 Å². The van der Waals surface area contributed by atoms with Crippen LogP contribution in [0.5, 0.6) is 0 Å². The lowest BCUT2D eigenvalue weighted by Crippen LogP contribution is -2.29. The summed E-state index contributed by atoms with van der Waals surface area (Å²) in [4.78, 5) is 23.1. The van der Waals surface area contributed by atoms with Crippen LogP contribution in [-0.4, -0.2) is 25.8 Å². The van der Waals surface area contributed by atoms with Crippen LogP contribution >= 0.6 is 0 Å². The molecule has 0 aliphatic rings. The number of carbonyl (C=O) groups is 1. The zero-order valence-electron chi connectivity index (χ0n) is 15.9. The molecule has 0 fully saturated rings. The predicted octanol–water partition coefficient (Wildman–Crippen LogP) is 3.33. The minimum Gasteiger partial charge on any atom is -0.361 e. The lowest BCUT2D eigenvalue weighted by molar-refractivity contribution is -0.389. The van der Waals surface area contributed by atoms with Gasteiger partial charge in [0, 0.05) is 0 Å². The third-order valence-electron chi connectivity index (χ3n) is 4.53. The number of hydrogen-bond acceptors (Lipinski definition) is 6. The van der Waals surface area contributed by atoms with E-state index >= 15 is 0 Å². The van der Waals surface area contributed by atoms with Crippen LogP contribution in [0, 0.1) is 24.0 Å². The third-order valence-corrected chi connectivity index (χ3v) is 4.53. The highest BCUT2D eigenvalue weighted by atomic mass is 16.6. The summed E-state index contributed by atoms with van der Waals surface area (Å²) in [6.07, 6.45) is 2.19. The molecule has 1 atom stereocenters. The molecule has 28 heavy (non-hydrogen) atoms. The summed E-state index contributed by atoms with van der Waals surface area (Å²) in [6.45, 7) is 5.83. The lowest BCUT2D eigenvalue weighted by atomic mass is 10.0. The summed E-state index contributed by atoms with van der Waals surface area (Å²) in [7, 11) is 0. The van der Waals surface area contributed by atoms with Gasteiger partial charge in [0.25, 0.3) is 5.91 Å². The van der Waals surface area contributed by atoms with Crippen molar-refractivity contribution in [1.29, 1.82) is 0 Å². The van der Waals surface area contributed by atoms with E-state index in [4.69, 9.17) is 4.52 Å². The number of aryl methyl sites for hydroxylation is 2. The average molecular weight is 383 g/mol. The van der Waals surface area contributed by atoms with Gasteiger partial charge < -0.3 is 20.0 Å². The molecule has 146 valence electrons. The zero-order chi connectivity index (χ0) is 20.3. The van der Waals surface area contributed by atoms with Crippen LogP contribution in [0.3, 0.4) is 0 Å². The van der Waals surface area contributed by atoms with E-state index < -0.39 is 4.92 Å². The zero-order valence-corrected chi connectivity index (χ0v) is 15.9. The Bertz CT molecular complexity index is 990. The monoisotopic (exact) mass is 383 g/mol. The van der Waals surface area contributed by atoms with E-state index in [1.165, 1.54) is 16.9 Å². The molecule has 0 spiro atoms. The third kappa shape index (κ3) is 4.08. The topological polar surface area (TPSA) is 116 Å². The van der Waals surface area contributed by atoms with Crippen LogP contribution in [0.4, 0.5) is 5.82 Å². The highest BCUT2D eigenvalue weighted by molar-refractivity contribution is 5.94.